The van der Waals surface area contributed by atoms with Gasteiger partial charge in [-0.2, -0.15) is 0 Å². The summed E-state index contributed by atoms with van der Waals surface area (Å²) in [4.78, 5) is 12.7. The van der Waals surface area contributed by atoms with E-state index in [0.29, 0.717) is 13.0 Å². The fraction of sp³-hybridized carbons (Fsp3) is 0.250. The number of hydrogen-bond donors (Lipinski definition) is 2. The first-order valence-corrected chi connectivity index (χ1v) is 8.76. The van der Waals surface area contributed by atoms with Gasteiger partial charge in [-0.1, -0.05) is 53.7 Å². The number of aliphatic hydroxyl groups excluding tert-OH is 1. The summed E-state index contributed by atoms with van der Waals surface area (Å²) in [6.45, 7) is 0.498. The lowest BCUT2D eigenvalue weighted by molar-refractivity contribution is 0.0649. The molecule has 2 heterocycles. The van der Waals surface area contributed by atoms with Crippen LogP contribution in [0.3, 0.4) is 0 Å². The molecule has 0 fully saturated rings. The second-order valence-electron chi connectivity index (χ2n) is 6.75. The van der Waals surface area contributed by atoms with E-state index in [2.05, 4.69) is 15.6 Å². The second kappa shape index (κ2) is 7.20. The lowest BCUT2D eigenvalue weighted by atomic mass is 9.89. The Labute approximate surface area is 156 Å². The SMILES string of the molecule is O=C(NC1(CO)COc2ccccc2C1)c1cn(Cc2ccccc2)nn1. The van der Waals surface area contributed by atoms with Gasteiger partial charge in [0, 0.05) is 6.42 Å². The Morgan fingerprint density at radius 2 is 1.96 bits per heavy atom. The van der Waals surface area contributed by atoms with Gasteiger partial charge in [-0.05, 0) is 17.2 Å². The Kier molecular flexibility index (Phi) is 4.60. The van der Waals surface area contributed by atoms with Crippen LogP contribution in [-0.2, 0) is 13.0 Å². The van der Waals surface area contributed by atoms with E-state index in [4.69, 9.17) is 4.74 Å². The van der Waals surface area contributed by atoms with Crippen LogP contribution in [0, 0.1) is 0 Å². The molecule has 1 aliphatic rings. The molecule has 1 unspecified atom stereocenters. The van der Waals surface area contributed by atoms with Gasteiger partial charge in [0.05, 0.1) is 19.3 Å². The Balaban J connectivity index is 1.47. The standard InChI is InChI=1S/C20H20N4O3/c25-13-20(10-16-8-4-5-9-18(16)27-14-20)21-19(26)17-12-24(23-22-17)11-15-6-2-1-3-7-15/h1-9,12,25H,10-11,13-14H2,(H,21,26). The minimum Gasteiger partial charge on any atom is -0.491 e. The lowest BCUT2D eigenvalue weighted by Crippen LogP contribution is -2.58. The van der Waals surface area contributed by atoms with Crippen molar-refractivity contribution in [2.45, 2.75) is 18.5 Å². The van der Waals surface area contributed by atoms with Crippen molar-refractivity contribution in [1.82, 2.24) is 20.3 Å². The lowest BCUT2D eigenvalue weighted by Gasteiger charge is -2.36. The number of nitrogens with zero attached hydrogens (tertiary/aromatic N) is 3. The number of aromatic nitrogens is 3. The number of ether oxygens (including phenoxy) is 1. The summed E-state index contributed by atoms with van der Waals surface area (Å²) in [6, 6.07) is 17.4. The summed E-state index contributed by atoms with van der Waals surface area (Å²) >= 11 is 0. The maximum absolute atomic E-state index is 12.7. The van der Waals surface area contributed by atoms with Gasteiger partial charge in [-0.15, -0.1) is 5.10 Å². The zero-order valence-electron chi connectivity index (χ0n) is 14.7. The van der Waals surface area contributed by atoms with Crippen molar-refractivity contribution in [2.24, 2.45) is 0 Å². The maximum atomic E-state index is 12.7. The molecule has 138 valence electrons. The van der Waals surface area contributed by atoms with Crippen LogP contribution in [-0.4, -0.2) is 44.8 Å². The number of benzene rings is 2. The molecule has 27 heavy (non-hydrogen) atoms. The quantitative estimate of drug-likeness (QED) is 0.715. The number of para-hydroxylation sites is 1. The predicted molar refractivity (Wildman–Crippen MR) is 98.5 cm³/mol. The van der Waals surface area contributed by atoms with Crippen molar-refractivity contribution in [3.8, 4) is 5.75 Å². The van der Waals surface area contributed by atoms with Gasteiger partial charge in [-0.25, -0.2) is 4.68 Å². The van der Waals surface area contributed by atoms with Crippen LogP contribution in [0.1, 0.15) is 21.6 Å². The van der Waals surface area contributed by atoms with E-state index in [-0.39, 0.29) is 24.8 Å². The van der Waals surface area contributed by atoms with Crippen LogP contribution in [0.4, 0.5) is 0 Å². The summed E-state index contributed by atoms with van der Waals surface area (Å²) in [5.74, 6) is 0.399. The fourth-order valence-corrected chi connectivity index (χ4v) is 3.20. The van der Waals surface area contributed by atoms with Gasteiger partial charge in [0.25, 0.3) is 5.91 Å². The minimum absolute atomic E-state index is 0.199. The van der Waals surface area contributed by atoms with Crippen molar-refractivity contribution < 1.29 is 14.6 Å². The summed E-state index contributed by atoms with van der Waals surface area (Å²) in [5.41, 5.74) is 1.34. The molecular weight excluding hydrogens is 344 g/mol. The first-order valence-electron chi connectivity index (χ1n) is 8.76. The van der Waals surface area contributed by atoms with Crippen molar-refractivity contribution in [3.63, 3.8) is 0 Å². The Hall–Kier alpha value is -3.19. The molecule has 0 radical (unpaired) electrons. The highest BCUT2D eigenvalue weighted by Gasteiger charge is 2.37. The average Bonchev–Trinajstić information content (AvgIpc) is 3.17. The first-order chi connectivity index (χ1) is 13.2. The van der Waals surface area contributed by atoms with Gasteiger partial charge in [0.15, 0.2) is 5.69 Å². The molecule has 2 N–H and O–H groups in total. The Morgan fingerprint density at radius 1 is 1.19 bits per heavy atom. The van der Waals surface area contributed by atoms with Crippen LogP contribution in [0.2, 0.25) is 0 Å². The maximum Gasteiger partial charge on any atom is 0.274 e. The van der Waals surface area contributed by atoms with Gasteiger partial charge >= 0.3 is 0 Å². The highest BCUT2D eigenvalue weighted by molar-refractivity contribution is 5.92. The largest absolute Gasteiger partial charge is 0.491 e. The summed E-state index contributed by atoms with van der Waals surface area (Å²) in [7, 11) is 0. The van der Waals surface area contributed by atoms with Crippen LogP contribution < -0.4 is 10.1 Å². The number of amides is 1. The number of fused-ring (bicyclic) bond motifs is 1. The van der Waals surface area contributed by atoms with E-state index in [0.717, 1.165) is 16.9 Å². The molecule has 2 aromatic carbocycles. The number of rotatable bonds is 5. The normalized spacial score (nSPS) is 18.4. The third-order valence-corrected chi connectivity index (χ3v) is 4.65. The van der Waals surface area contributed by atoms with Crippen LogP contribution in [0.15, 0.2) is 60.8 Å². The van der Waals surface area contributed by atoms with Gasteiger partial charge in [0.2, 0.25) is 0 Å². The number of carbonyl (C=O) groups excluding carboxylic acids is 1. The molecule has 1 atom stereocenters. The van der Waals surface area contributed by atoms with E-state index in [1.54, 1.807) is 10.9 Å². The molecule has 7 heteroatoms. The summed E-state index contributed by atoms with van der Waals surface area (Å²) < 4.78 is 7.35. The van der Waals surface area contributed by atoms with E-state index < -0.39 is 5.54 Å². The monoisotopic (exact) mass is 364 g/mol. The molecule has 0 aliphatic carbocycles. The van der Waals surface area contributed by atoms with Gasteiger partial charge in [-0.3, -0.25) is 4.79 Å². The van der Waals surface area contributed by atoms with E-state index >= 15 is 0 Å². The summed E-state index contributed by atoms with van der Waals surface area (Å²) in [6.07, 6.45) is 2.09. The fourth-order valence-electron chi connectivity index (χ4n) is 3.20. The number of hydrogen-bond acceptors (Lipinski definition) is 5. The number of aliphatic hydroxyl groups is 1. The highest BCUT2D eigenvalue weighted by atomic mass is 16.5. The Bertz CT molecular complexity index is 941. The molecule has 0 saturated carbocycles. The van der Waals surface area contributed by atoms with Crippen LogP contribution in [0.25, 0.3) is 0 Å². The van der Waals surface area contributed by atoms with E-state index in [1.807, 2.05) is 54.6 Å². The average molecular weight is 364 g/mol. The van der Waals surface area contributed by atoms with Crippen LogP contribution >= 0.6 is 0 Å². The van der Waals surface area contributed by atoms with E-state index in [9.17, 15) is 9.90 Å². The molecule has 1 aliphatic heterocycles. The van der Waals surface area contributed by atoms with E-state index in [1.165, 1.54) is 0 Å². The summed E-state index contributed by atoms with van der Waals surface area (Å²) in [5, 5.41) is 20.8. The predicted octanol–water partition coefficient (Wildman–Crippen LogP) is 1.42. The van der Waals surface area contributed by atoms with Crippen molar-refractivity contribution in [2.75, 3.05) is 13.2 Å². The topological polar surface area (TPSA) is 89.3 Å². The number of nitrogens with one attached hydrogen (secondary N) is 1. The Morgan fingerprint density at radius 3 is 2.78 bits per heavy atom. The molecule has 1 amide bonds. The van der Waals surface area contributed by atoms with Gasteiger partial charge < -0.3 is 15.2 Å². The highest BCUT2D eigenvalue weighted by Crippen LogP contribution is 2.29. The van der Waals surface area contributed by atoms with Crippen molar-refractivity contribution >= 4 is 5.91 Å². The van der Waals surface area contributed by atoms with Gasteiger partial charge in [0.1, 0.15) is 17.9 Å². The van der Waals surface area contributed by atoms with Crippen molar-refractivity contribution in [1.29, 1.82) is 0 Å². The molecule has 1 aromatic heterocycles. The molecule has 0 spiro atoms. The smallest absolute Gasteiger partial charge is 0.274 e. The molecule has 7 nitrogen and oxygen atoms in total. The zero-order chi connectivity index (χ0) is 18.7. The molecule has 3 aromatic rings. The number of carbonyl (C=O) groups is 1. The zero-order valence-corrected chi connectivity index (χ0v) is 14.7. The third-order valence-electron chi connectivity index (χ3n) is 4.65. The molecular formula is C20H20N4O3. The molecule has 4 rings (SSSR count). The first kappa shape index (κ1) is 17.2. The molecule has 0 bridgehead atoms. The third kappa shape index (κ3) is 3.68. The minimum atomic E-state index is -0.880. The molecule has 0 saturated heterocycles. The second-order valence-corrected chi connectivity index (χ2v) is 6.75. The van der Waals surface area contributed by atoms with Crippen molar-refractivity contribution in [3.05, 3.63) is 77.6 Å². The van der Waals surface area contributed by atoms with Crippen LogP contribution in [0.5, 0.6) is 5.75 Å².